The fraction of sp³-hybridized carbons (Fsp3) is 0.245. The average molecular weight is 691 g/mol. The second-order valence-corrected chi connectivity index (χ2v) is 15.7. The van der Waals surface area contributed by atoms with E-state index < -0.39 is 0 Å². The average Bonchev–Trinajstić information content (AvgIpc) is 3.66. The fourth-order valence-electron chi connectivity index (χ4n) is 8.76. The minimum Gasteiger partial charge on any atom is -0.0683 e. The zero-order chi connectivity index (χ0) is 37.4. The Bertz CT molecular complexity index is 2450. The molecule has 0 spiro atoms. The molecule has 0 heteroatoms. The van der Waals surface area contributed by atoms with Crippen LogP contribution in [0.25, 0.3) is 44.2 Å². The zero-order valence-corrected chi connectivity index (χ0v) is 33.2. The lowest BCUT2D eigenvalue weighted by Crippen LogP contribution is -2.15. The van der Waals surface area contributed by atoms with Gasteiger partial charge in [0.15, 0.2) is 0 Å². The summed E-state index contributed by atoms with van der Waals surface area (Å²) in [7, 11) is 0. The van der Waals surface area contributed by atoms with Gasteiger partial charge < -0.3 is 0 Å². The van der Waals surface area contributed by atoms with Crippen LogP contribution >= 0.6 is 0 Å². The molecular weight excluding hydrogens is 637 g/mol. The van der Waals surface area contributed by atoms with Crippen LogP contribution in [0.5, 0.6) is 0 Å². The van der Waals surface area contributed by atoms with Crippen molar-refractivity contribution in [3.05, 3.63) is 189 Å². The summed E-state index contributed by atoms with van der Waals surface area (Å²) in [4.78, 5) is 0. The molecule has 7 aromatic rings. The van der Waals surface area contributed by atoms with Crippen LogP contribution < -0.4 is 0 Å². The maximum absolute atomic E-state index is 2.47. The maximum Gasteiger partial charge on any atom is 0.0159 e. The van der Waals surface area contributed by atoms with E-state index in [2.05, 4.69) is 182 Å². The monoisotopic (exact) mass is 690 g/mol. The summed E-state index contributed by atoms with van der Waals surface area (Å²) < 4.78 is 0. The number of fused-ring (bicyclic) bond motifs is 8. The van der Waals surface area contributed by atoms with Gasteiger partial charge in [-0.3, -0.25) is 0 Å². The van der Waals surface area contributed by atoms with Gasteiger partial charge in [-0.25, -0.2) is 0 Å². The molecule has 0 aliphatic heterocycles. The summed E-state index contributed by atoms with van der Waals surface area (Å²) in [5, 5.41) is 2.81. The van der Waals surface area contributed by atoms with Crippen molar-refractivity contribution in [2.24, 2.45) is 0 Å². The molecule has 9 rings (SSSR count). The Balaban J connectivity index is 0.000000160. The van der Waals surface area contributed by atoms with Gasteiger partial charge in [-0.05, 0) is 134 Å². The Kier molecular flexibility index (Phi) is 10.0. The largest absolute Gasteiger partial charge is 0.0683 e. The van der Waals surface area contributed by atoms with Gasteiger partial charge in [-0.15, -0.1) is 0 Å². The van der Waals surface area contributed by atoms with Crippen molar-refractivity contribution < 1.29 is 0 Å². The van der Waals surface area contributed by atoms with Gasteiger partial charge in [0.1, 0.15) is 0 Å². The fourth-order valence-corrected chi connectivity index (χ4v) is 8.76. The van der Waals surface area contributed by atoms with Crippen LogP contribution in [-0.4, -0.2) is 0 Å². The number of benzene rings is 7. The Morgan fingerprint density at radius 1 is 0.547 bits per heavy atom. The van der Waals surface area contributed by atoms with E-state index in [0.29, 0.717) is 5.92 Å². The Hall–Kier alpha value is -5.20. The Morgan fingerprint density at radius 2 is 1.21 bits per heavy atom. The lowest BCUT2D eigenvalue weighted by atomic mass is 9.80. The molecule has 0 bridgehead atoms. The van der Waals surface area contributed by atoms with Gasteiger partial charge in [0, 0.05) is 5.41 Å². The molecule has 0 heterocycles. The Morgan fingerprint density at radius 3 is 1.96 bits per heavy atom. The summed E-state index contributed by atoms with van der Waals surface area (Å²) in [6.45, 7) is 19.9. The molecule has 0 N–H and O–H groups in total. The second kappa shape index (κ2) is 14.7. The smallest absolute Gasteiger partial charge is 0.0159 e. The highest BCUT2D eigenvalue weighted by Gasteiger charge is 2.37. The van der Waals surface area contributed by atoms with Crippen LogP contribution in [0.1, 0.15) is 103 Å². The first-order valence-corrected chi connectivity index (χ1v) is 19.6. The maximum atomic E-state index is 2.47. The summed E-state index contributed by atoms with van der Waals surface area (Å²) in [6.07, 6.45) is 2.04. The number of hydrogen-bond acceptors (Lipinski definition) is 0. The molecule has 0 atom stereocenters. The van der Waals surface area contributed by atoms with Crippen LogP contribution in [-0.2, 0) is 18.3 Å². The number of rotatable bonds is 4. The molecule has 0 amide bonds. The molecular formula is C53H54. The normalized spacial score (nSPS) is 12.9. The van der Waals surface area contributed by atoms with E-state index in [9.17, 15) is 0 Å². The third-order valence-corrected chi connectivity index (χ3v) is 11.6. The predicted octanol–water partition coefficient (Wildman–Crippen LogP) is 14.7. The summed E-state index contributed by atoms with van der Waals surface area (Å²) in [5.41, 5.74) is 22.7. The summed E-state index contributed by atoms with van der Waals surface area (Å²) in [6, 6.07) is 49.6. The lowest BCUT2D eigenvalue weighted by Gasteiger charge is -2.24. The molecule has 0 fully saturated rings. The van der Waals surface area contributed by atoms with Crippen molar-refractivity contribution in [1.82, 2.24) is 0 Å². The summed E-state index contributed by atoms with van der Waals surface area (Å²) >= 11 is 0. The van der Waals surface area contributed by atoms with Crippen LogP contribution in [0.15, 0.2) is 133 Å². The van der Waals surface area contributed by atoms with Gasteiger partial charge in [0.25, 0.3) is 0 Å². The number of hydrogen-bond donors (Lipinski definition) is 0. The molecule has 266 valence electrons. The van der Waals surface area contributed by atoms with Gasteiger partial charge in [-0.1, -0.05) is 181 Å². The van der Waals surface area contributed by atoms with E-state index in [-0.39, 0.29) is 5.41 Å². The molecule has 0 unspecified atom stereocenters. The van der Waals surface area contributed by atoms with Crippen molar-refractivity contribution in [2.75, 3.05) is 0 Å². The molecule has 0 radical (unpaired) electrons. The second-order valence-electron chi connectivity index (χ2n) is 15.7. The van der Waals surface area contributed by atoms with E-state index in [1.54, 1.807) is 0 Å². The molecule has 0 saturated carbocycles. The van der Waals surface area contributed by atoms with Crippen molar-refractivity contribution in [3.8, 4) is 33.4 Å². The van der Waals surface area contributed by atoms with Crippen molar-refractivity contribution in [3.63, 3.8) is 0 Å². The first-order chi connectivity index (χ1) is 25.6. The van der Waals surface area contributed by atoms with Gasteiger partial charge in [-0.2, -0.15) is 0 Å². The highest BCUT2D eigenvalue weighted by Crippen LogP contribution is 2.52. The van der Waals surface area contributed by atoms with Gasteiger partial charge in [0.2, 0.25) is 0 Å². The van der Waals surface area contributed by atoms with E-state index in [1.165, 1.54) is 99.8 Å². The predicted molar refractivity (Wildman–Crippen MR) is 231 cm³/mol. The number of aryl methyl sites for hydroxylation is 3. The van der Waals surface area contributed by atoms with E-state index in [4.69, 9.17) is 0 Å². The topological polar surface area (TPSA) is 0 Å². The highest BCUT2D eigenvalue weighted by molar-refractivity contribution is 6.04. The molecule has 0 nitrogen and oxygen atoms in total. The molecule has 0 saturated heterocycles. The highest BCUT2D eigenvalue weighted by atomic mass is 14.4. The molecule has 7 aromatic carbocycles. The van der Waals surface area contributed by atoms with Crippen LogP contribution in [0, 0.1) is 20.8 Å². The van der Waals surface area contributed by atoms with Crippen molar-refractivity contribution in [2.45, 2.75) is 86.5 Å². The quantitative estimate of drug-likeness (QED) is 0.172. The zero-order valence-electron chi connectivity index (χ0n) is 33.2. The Labute approximate surface area is 318 Å². The van der Waals surface area contributed by atoms with Crippen molar-refractivity contribution >= 4 is 10.8 Å². The summed E-state index contributed by atoms with van der Waals surface area (Å²) in [5.74, 6) is 0.534. The van der Waals surface area contributed by atoms with Gasteiger partial charge >= 0.3 is 0 Å². The third kappa shape index (κ3) is 6.54. The van der Waals surface area contributed by atoms with E-state index in [1.807, 2.05) is 13.8 Å². The minimum absolute atomic E-state index is 0.0738. The molecule has 53 heavy (non-hydrogen) atoms. The first-order valence-electron chi connectivity index (χ1n) is 19.6. The lowest BCUT2D eigenvalue weighted by molar-refractivity contribution is 0.658. The minimum atomic E-state index is 0.0738. The van der Waals surface area contributed by atoms with E-state index >= 15 is 0 Å². The molecule has 2 aliphatic rings. The standard InChI is InChI=1S/C28H24.C23H24.C2H6/c1-19-8-3-5-11-24(19)27-17-21(15-14-20(27)2)16-22-10-7-13-26-25-12-6-4-9-23(25)18-28(22)26;1-14(2)19-13-21-22(17-9-7-6-8-16(17)19)18-11-10-15(3)12-20(18)23(21,4)5;1-2/h3-15,17H,16,18H2,1-2H3;6-14H,1-5H3;1-2H3. The molecule has 0 aromatic heterocycles. The van der Waals surface area contributed by atoms with Gasteiger partial charge in [0.05, 0.1) is 0 Å². The third-order valence-electron chi connectivity index (χ3n) is 11.6. The molecule has 2 aliphatic carbocycles. The van der Waals surface area contributed by atoms with E-state index in [0.717, 1.165) is 12.8 Å². The van der Waals surface area contributed by atoms with Crippen LogP contribution in [0.3, 0.4) is 0 Å². The van der Waals surface area contributed by atoms with Crippen LogP contribution in [0.2, 0.25) is 0 Å². The van der Waals surface area contributed by atoms with Crippen LogP contribution in [0.4, 0.5) is 0 Å². The first kappa shape index (κ1) is 36.2. The van der Waals surface area contributed by atoms with Crippen molar-refractivity contribution in [1.29, 1.82) is 0 Å². The SMILES string of the molecule is CC.Cc1ccc2c(c1)C(C)(C)c1cc(C(C)C)c3ccccc3c1-2.Cc1ccccc1-c1cc(Cc2cccc3c2Cc2ccccc2-3)ccc1C.